The molecule has 166 valence electrons. The molecular formula is C21H45IN6. The van der Waals surface area contributed by atoms with Gasteiger partial charge in [-0.25, -0.2) is 0 Å². The third kappa shape index (κ3) is 10.1. The van der Waals surface area contributed by atoms with Crippen molar-refractivity contribution >= 4 is 29.9 Å². The molecule has 2 aliphatic heterocycles. The molecule has 2 atom stereocenters. The largest absolute Gasteiger partial charge is 0.357 e. The van der Waals surface area contributed by atoms with Gasteiger partial charge in [0.25, 0.3) is 0 Å². The summed E-state index contributed by atoms with van der Waals surface area (Å²) in [6, 6.07) is 0.760. The number of likely N-dealkylation sites (tertiary alicyclic amines) is 1. The van der Waals surface area contributed by atoms with Gasteiger partial charge in [0.05, 0.1) is 0 Å². The Morgan fingerprint density at radius 3 is 2.54 bits per heavy atom. The van der Waals surface area contributed by atoms with Gasteiger partial charge >= 0.3 is 0 Å². The molecule has 0 aromatic rings. The molecule has 28 heavy (non-hydrogen) atoms. The summed E-state index contributed by atoms with van der Waals surface area (Å²) in [6.07, 6.45) is 5.32. The molecule has 0 saturated carbocycles. The summed E-state index contributed by atoms with van der Waals surface area (Å²) in [5.41, 5.74) is 0. The molecule has 6 nitrogen and oxygen atoms in total. The van der Waals surface area contributed by atoms with Crippen LogP contribution in [0, 0.1) is 5.92 Å². The van der Waals surface area contributed by atoms with Crippen LogP contribution in [-0.4, -0.2) is 99.2 Å². The van der Waals surface area contributed by atoms with Crippen LogP contribution in [0.5, 0.6) is 0 Å². The summed E-state index contributed by atoms with van der Waals surface area (Å²) >= 11 is 0. The highest BCUT2D eigenvalue weighted by atomic mass is 127. The summed E-state index contributed by atoms with van der Waals surface area (Å²) in [6.45, 7) is 18.1. The number of nitrogens with zero attached hydrogens (tertiary/aromatic N) is 4. The van der Waals surface area contributed by atoms with E-state index >= 15 is 0 Å². The van der Waals surface area contributed by atoms with Crippen LogP contribution in [0.1, 0.15) is 46.5 Å². The third-order valence-electron chi connectivity index (χ3n) is 5.93. The van der Waals surface area contributed by atoms with Gasteiger partial charge < -0.3 is 25.3 Å². The first-order valence-corrected chi connectivity index (χ1v) is 11.3. The molecule has 2 unspecified atom stereocenters. The molecule has 0 spiro atoms. The van der Waals surface area contributed by atoms with E-state index in [9.17, 15) is 0 Å². The van der Waals surface area contributed by atoms with Crippen molar-refractivity contribution in [2.75, 3.05) is 72.5 Å². The molecule has 0 aliphatic carbocycles. The van der Waals surface area contributed by atoms with Gasteiger partial charge in [0.15, 0.2) is 5.96 Å². The minimum atomic E-state index is 0. The smallest absolute Gasteiger partial charge is 0.191 e. The minimum Gasteiger partial charge on any atom is -0.357 e. The molecule has 0 radical (unpaired) electrons. The van der Waals surface area contributed by atoms with Gasteiger partial charge in [0, 0.05) is 64.9 Å². The fourth-order valence-corrected chi connectivity index (χ4v) is 4.10. The van der Waals surface area contributed by atoms with Crippen LogP contribution in [-0.2, 0) is 0 Å². The Bertz CT molecular complexity index is 425. The molecule has 0 aromatic carbocycles. The maximum absolute atomic E-state index is 4.84. The molecule has 2 saturated heterocycles. The second-order valence-electron chi connectivity index (χ2n) is 8.59. The molecule has 0 amide bonds. The molecule has 0 bridgehead atoms. The van der Waals surface area contributed by atoms with Gasteiger partial charge in [-0.2, -0.15) is 0 Å². The van der Waals surface area contributed by atoms with Crippen molar-refractivity contribution in [3.63, 3.8) is 0 Å². The number of guanidine groups is 1. The number of piperazine rings is 1. The summed E-state index contributed by atoms with van der Waals surface area (Å²) < 4.78 is 0. The fourth-order valence-electron chi connectivity index (χ4n) is 4.10. The SMILES string of the molecule is CCNC(=NCC(C)CN1CCN(C)CC1)NCCCN1CCCCC1C.I. The first-order chi connectivity index (χ1) is 13.1. The van der Waals surface area contributed by atoms with Gasteiger partial charge in [-0.05, 0) is 52.6 Å². The zero-order valence-corrected chi connectivity index (χ0v) is 21.1. The fraction of sp³-hybridized carbons (Fsp3) is 0.952. The Hall–Kier alpha value is -0.120. The van der Waals surface area contributed by atoms with E-state index in [2.05, 4.69) is 53.2 Å². The Labute approximate surface area is 190 Å². The number of likely N-dealkylation sites (N-methyl/N-ethyl adjacent to an activating group) is 1. The Balaban J connectivity index is 0.00000392. The van der Waals surface area contributed by atoms with Gasteiger partial charge in [-0.1, -0.05) is 13.3 Å². The monoisotopic (exact) mass is 508 g/mol. The zero-order chi connectivity index (χ0) is 19.5. The van der Waals surface area contributed by atoms with Crippen LogP contribution in [0.25, 0.3) is 0 Å². The predicted octanol–water partition coefficient (Wildman–Crippen LogP) is 2.31. The highest BCUT2D eigenvalue weighted by molar-refractivity contribution is 14.0. The maximum atomic E-state index is 4.84. The third-order valence-corrected chi connectivity index (χ3v) is 5.93. The predicted molar refractivity (Wildman–Crippen MR) is 132 cm³/mol. The van der Waals surface area contributed by atoms with Gasteiger partial charge in [0.1, 0.15) is 0 Å². The number of halogens is 1. The average molecular weight is 509 g/mol. The number of rotatable bonds is 9. The lowest BCUT2D eigenvalue weighted by Crippen LogP contribution is -2.46. The first kappa shape index (κ1) is 25.9. The van der Waals surface area contributed by atoms with Crippen LogP contribution >= 0.6 is 24.0 Å². The molecule has 0 aromatic heterocycles. The number of piperidine rings is 1. The van der Waals surface area contributed by atoms with Crippen LogP contribution < -0.4 is 10.6 Å². The van der Waals surface area contributed by atoms with E-state index in [0.717, 1.165) is 38.2 Å². The van der Waals surface area contributed by atoms with E-state index in [4.69, 9.17) is 4.99 Å². The van der Waals surface area contributed by atoms with Crippen LogP contribution in [0.3, 0.4) is 0 Å². The zero-order valence-electron chi connectivity index (χ0n) is 18.8. The van der Waals surface area contributed by atoms with E-state index in [1.165, 1.54) is 65.0 Å². The summed E-state index contributed by atoms with van der Waals surface area (Å²) in [4.78, 5) is 12.5. The van der Waals surface area contributed by atoms with E-state index in [-0.39, 0.29) is 24.0 Å². The summed E-state index contributed by atoms with van der Waals surface area (Å²) in [7, 11) is 2.21. The van der Waals surface area contributed by atoms with Crippen molar-refractivity contribution in [2.24, 2.45) is 10.9 Å². The van der Waals surface area contributed by atoms with E-state index < -0.39 is 0 Å². The lowest BCUT2D eigenvalue weighted by Gasteiger charge is -2.33. The molecule has 2 N–H and O–H groups in total. The van der Waals surface area contributed by atoms with Crippen molar-refractivity contribution < 1.29 is 0 Å². The Kier molecular flexibility index (Phi) is 13.7. The van der Waals surface area contributed by atoms with Crippen LogP contribution in [0.2, 0.25) is 0 Å². The van der Waals surface area contributed by atoms with Crippen molar-refractivity contribution in [3.8, 4) is 0 Å². The summed E-state index contributed by atoms with van der Waals surface area (Å²) in [5, 5.41) is 6.93. The number of nitrogens with one attached hydrogen (secondary N) is 2. The van der Waals surface area contributed by atoms with Crippen molar-refractivity contribution in [2.45, 2.75) is 52.5 Å². The molecule has 2 heterocycles. The highest BCUT2D eigenvalue weighted by Crippen LogP contribution is 2.16. The molecule has 2 fully saturated rings. The highest BCUT2D eigenvalue weighted by Gasteiger charge is 2.17. The quantitative estimate of drug-likeness (QED) is 0.217. The molecule has 7 heteroatoms. The molecule has 2 aliphatic rings. The van der Waals surface area contributed by atoms with E-state index in [1.807, 2.05) is 0 Å². The van der Waals surface area contributed by atoms with Gasteiger partial charge in [-0.3, -0.25) is 4.99 Å². The lowest BCUT2D eigenvalue weighted by atomic mass is 10.0. The van der Waals surface area contributed by atoms with Gasteiger partial charge in [-0.15, -0.1) is 24.0 Å². The van der Waals surface area contributed by atoms with Crippen molar-refractivity contribution in [1.29, 1.82) is 0 Å². The van der Waals surface area contributed by atoms with E-state index in [1.54, 1.807) is 0 Å². The van der Waals surface area contributed by atoms with Crippen LogP contribution in [0.15, 0.2) is 4.99 Å². The topological polar surface area (TPSA) is 46.1 Å². The standard InChI is InChI=1S/C21H44N6.HI/c1-5-22-21(23-10-8-12-27-11-7-6-9-20(27)3)24-17-19(2)18-26-15-13-25(4)14-16-26;/h19-20H,5-18H2,1-4H3,(H2,22,23,24);1H. The number of hydrogen-bond acceptors (Lipinski definition) is 4. The first-order valence-electron chi connectivity index (χ1n) is 11.3. The normalized spacial score (nSPS) is 23.9. The number of hydrogen-bond donors (Lipinski definition) is 2. The second kappa shape index (κ2) is 14.8. The average Bonchev–Trinajstić information content (AvgIpc) is 2.66. The summed E-state index contributed by atoms with van der Waals surface area (Å²) in [5.74, 6) is 1.58. The van der Waals surface area contributed by atoms with E-state index in [0.29, 0.717) is 5.92 Å². The maximum Gasteiger partial charge on any atom is 0.191 e. The van der Waals surface area contributed by atoms with Crippen molar-refractivity contribution in [3.05, 3.63) is 0 Å². The second-order valence-corrected chi connectivity index (χ2v) is 8.59. The molecular weight excluding hydrogens is 463 g/mol. The minimum absolute atomic E-state index is 0. The Morgan fingerprint density at radius 1 is 1.11 bits per heavy atom. The number of aliphatic imine (C=N–C) groups is 1. The molecule has 2 rings (SSSR count). The lowest BCUT2D eigenvalue weighted by molar-refractivity contribution is 0.140. The van der Waals surface area contributed by atoms with Crippen molar-refractivity contribution in [1.82, 2.24) is 25.3 Å². The van der Waals surface area contributed by atoms with Crippen LogP contribution in [0.4, 0.5) is 0 Å². The van der Waals surface area contributed by atoms with Gasteiger partial charge in [0.2, 0.25) is 0 Å². The Morgan fingerprint density at radius 2 is 1.86 bits per heavy atom.